The van der Waals surface area contributed by atoms with E-state index in [1.54, 1.807) is 0 Å². The third kappa shape index (κ3) is 3.80. The molecule has 0 unspecified atom stereocenters. The zero-order valence-electron chi connectivity index (χ0n) is 11.4. The molecule has 0 atom stereocenters. The number of halogens is 1. The van der Waals surface area contributed by atoms with Crippen LogP contribution in [0, 0.1) is 0 Å². The molecule has 2 amide bonds. The number of benzene rings is 1. The quantitative estimate of drug-likeness (QED) is 0.629. The van der Waals surface area contributed by atoms with Gasteiger partial charge in [-0.25, -0.2) is 0 Å². The molecule has 20 heavy (non-hydrogen) atoms. The second-order valence-electron chi connectivity index (χ2n) is 4.78. The Labute approximate surface area is 126 Å². The van der Waals surface area contributed by atoms with Gasteiger partial charge >= 0.3 is 0 Å². The van der Waals surface area contributed by atoms with Gasteiger partial charge in [0.05, 0.1) is 13.1 Å². The smallest absolute Gasteiger partial charge is 0.246 e. The number of nitrogens with zero attached hydrogens (tertiary/aromatic N) is 1. The molecule has 1 fully saturated rings. The lowest BCUT2D eigenvalue weighted by atomic mass is 10.1. The molecule has 0 spiro atoms. The highest BCUT2D eigenvalue weighted by Crippen LogP contribution is 2.25. The highest BCUT2D eigenvalue weighted by atomic mass is 79.9. The van der Waals surface area contributed by atoms with Gasteiger partial charge in [-0.1, -0.05) is 28.9 Å². The lowest BCUT2D eigenvalue weighted by Gasteiger charge is -2.29. The van der Waals surface area contributed by atoms with Gasteiger partial charge in [-0.05, 0) is 30.7 Å². The van der Waals surface area contributed by atoms with Gasteiger partial charge in [0.25, 0.3) is 0 Å². The number of nitrogens with one attached hydrogen (secondary N) is 2. The molecule has 0 aromatic heterocycles. The van der Waals surface area contributed by atoms with Gasteiger partial charge < -0.3 is 10.2 Å². The number of anilines is 1. The van der Waals surface area contributed by atoms with E-state index in [2.05, 4.69) is 33.5 Å². The first-order chi connectivity index (χ1) is 9.60. The highest BCUT2D eigenvalue weighted by molar-refractivity contribution is 9.10. The molecule has 5 nitrogen and oxygen atoms in total. The van der Waals surface area contributed by atoms with E-state index >= 15 is 0 Å². The SMILES string of the molecule is CCCNCc1ccc(Br)cc1N1CC(=O)NC(=O)C1. The third-order valence-electron chi connectivity index (χ3n) is 3.08. The van der Waals surface area contributed by atoms with Gasteiger partial charge in [-0.2, -0.15) is 0 Å². The van der Waals surface area contributed by atoms with Crippen LogP contribution in [0.1, 0.15) is 18.9 Å². The summed E-state index contributed by atoms with van der Waals surface area (Å²) in [6.07, 6.45) is 1.07. The van der Waals surface area contributed by atoms with Crippen LogP contribution in [-0.2, 0) is 16.1 Å². The molecule has 0 saturated carbocycles. The summed E-state index contributed by atoms with van der Waals surface area (Å²) < 4.78 is 0.935. The maximum atomic E-state index is 11.5. The number of carbonyl (C=O) groups is 2. The van der Waals surface area contributed by atoms with E-state index in [1.165, 1.54) is 0 Å². The van der Waals surface area contributed by atoms with Crippen LogP contribution in [0.15, 0.2) is 22.7 Å². The van der Waals surface area contributed by atoms with Crippen LogP contribution in [0.25, 0.3) is 0 Å². The minimum Gasteiger partial charge on any atom is -0.353 e. The van der Waals surface area contributed by atoms with E-state index in [9.17, 15) is 9.59 Å². The Kier molecular flexibility index (Phi) is 5.14. The Morgan fingerprint density at radius 3 is 2.65 bits per heavy atom. The van der Waals surface area contributed by atoms with E-state index in [1.807, 2.05) is 23.1 Å². The molecule has 0 bridgehead atoms. The number of piperazine rings is 1. The number of imide groups is 1. The summed E-state index contributed by atoms with van der Waals surface area (Å²) in [5.41, 5.74) is 2.01. The Bertz CT molecular complexity index is 503. The second kappa shape index (κ2) is 6.85. The van der Waals surface area contributed by atoms with Crippen molar-refractivity contribution in [2.24, 2.45) is 0 Å². The number of rotatable bonds is 5. The minimum absolute atomic E-state index is 0.211. The fourth-order valence-corrected chi connectivity index (χ4v) is 2.54. The van der Waals surface area contributed by atoms with Crippen LogP contribution < -0.4 is 15.5 Å². The van der Waals surface area contributed by atoms with Crippen molar-refractivity contribution in [1.82, 2.24) is 10.6 Å². The van der Waals surface area contributed by atoms with Crippen LogP contribution in [0.5, 0.6) is 0 Å². The molecule has 6 heteroatoms. The first kappa shape index (κ1) is 15.0. The van der Waals surface area contributed by atoms with E-state index in [-0.39, 0.29) is 24.9 Å². The average Bonchev–Trinajstić information content (AvgIpc) is 2.39. The van der Waals surface area contributed by atoms with Gasteiger partial charge in [-0.15, -0.1) is 0 Å². The molecule has 2 N–H and O–H groups in total. The topological polar surface area (TPSA) is 61.4 Å². The highest BCUT2D eigenvalue weighted by Gasteiger charge is 2.24. The Morgan fingerprint density at radius 1 is 1.30 bits per heavy atom. The molecule has 1 aromatic rings. The molecule has 1 aliphatic rings. The largest absolute Gasteiger partial charge is 0.353 e. The van der Waals surface area contributed by atoms with Crippen molar-refractivity contribution in [1.29, 1.82) is 0 Å². The predicted octanol–water partition coefficient (Wildman–Crippen LogP) is 1.41. The molecule has 108 valence electrons. The van der Waals surface area contributed by atoms with Crippen molar-refractivity contribution >= 4 is 33.4 Å². The molecule has 1 heterocycles. The van der Waals surface area contributed by atoms with Gasteiger partial charge in [0.2, 0.25) is 11.8 Å². The van der Waals surface area contributed by atoms with Crippen molar-refractivity contribution < 1.29 is 9.59 Å². The molecule has 2 rings (SSSR count). The molecule has 1 saturated heterocycles. The second-order valence-corrected chi connectivity index (χ2v) is 5.69. The molecule has 1 aromatic carbocycles. The summed E-state index contributed by atoms with van der Waals surface area (Å²) >= 11 is 3.44. The van der Waals surface area contributed by atoms with Crippen molar-refractivity contribution in [2.45, 2.75) is 19.9 Å². The van der Waals surface area contributed by atoms with Crippen LogP contribution in [-0.4, -0.2) is 31.4 Å². The summed E-state index contributed by atoms with van der Waals surface area (Å²) in [6.45, 7) is 4.20. The summed E-state index contributed by atoms with van der Waals surface area (Å²) in [4.78, 5) is 24.8. The van der Waals surface area contributed by atoms with Crippen molar-refractivity contribution in [3.8, 4) is 0 Å². The average molecular weight is 340 g/mol. The predicted molar refractivity (Wildman–Crippen MR) is 81.5 cm³/mol. The lowest BCUT2D eigenvalue weighted by molar-refractivity contribution is -0.130. The zero-order valence-corrected chi connectivity index (χ0v) is 13.0. The first-order valence-electron chi connectivity index (χ1n) is 6.67. The number of carbonyl (C=O) groups excluding carboxylic acids is 2. The van der Waals surface area contributed by atoms with E-state index < -0.39 is 0 Å². The lowest BCUT2D eigenvalue weighted by Crippen LogP contribution is -2.51. The number of amides is 2. The summed E-state index contributed by atoms with van der Waals surface area (Å²) in [6, 6.07) is 5.94. The third-order valence-corrected chi connectivity index (χ3v) is 3.57. The Balaban J connectivity index is 2.21. The molecular weight excluding hydrogens is 322 g/mol. The van der Waals surface area contributed by atoms with Crippen LogP contribution in [0.4, 0.5) is 5.69 Å². The van der Waals surface area contributed by atoms with Crippen molar-refractivity contribution in [3.63, 3.8) is 0 Å². The molecule has 0 radical (unpaired) electrons. The van der Waals surface area contributed by atoms with E-state index in [0.717, 1.165) is 35.2 Å². The van der Waals surface area contributed by atoms with Crippen molar-refractivity contribution in [3.05, 3.63) is 28.2 Å². The van der Waals surface area contributed by atoms with Crippen LogP contribution in [0.2, 0.25) is 0 Å². The van der Waals surface area contributed by atoms with Gasteiger partial charge in [0, 0.05) is 16.7 Å². The Morgan fingerprint density at radius 2 is 2.00 bits per heavy atom. The maximum Gasteiger partial charge on any atom is 0.246 e. The van der Waals surface area contributed by atoms with Crippen LogP contribution >= 0.6 is 15.9 Å². The summed E-state index contributed by atoms with van der Waals surface area (Å²) in [7, 11) is 0. The summed E-state index contributed by atoms with van der Waals surface area (Å²) in [5, 5.41) is 5.66. The van der Waals surface area contributed by atoms with E-state index in [4.69, 9.17) is 0 Å². The molecule has 1 aliphatic heterocycles. The maximum absolute atomic E-state index is 11.5. The minimum atomic E-state index is -0.256. The molecule has 0 aliphatic carbocycles. The fraction of sp³-hybridized carbons (Fsp3) is 0.429. The fourth-order valence-electron chi connectivity index (χ4n) is 2.19. The van der Waals surface area contributed by atoms with Crippen molar-refractivity contribution in [2.75, 3.05) is 24.5 Å². The number of hydrogen-bond acceptors (Lipinski definition) is 4. The first-order valence-corrected chi connectivity index (χ1v) is 7.46. The molecular formula is C14H18BrN3O2. The zero-order chi connectivity index (χ0) is 14.5. The normalized spacial score (nSPS) is 15.4. The van der Waals surface area contributed by atoms with Gasteiger partial charge in [0.1, 0.15) is 0 Å². The van der Waals surface area contributed by atoms with Gasteiger partial charge in [0.15, 0.2) is 0 Å². The van der Waals surface area contributed by atoms with E-state index in [0.29, 0.717) is 0 Å². The Hall–Kier alpha value is -1.40. The summed E-state index contributed by atoms with van der Waals surface area (Å²) in [5.74, 6) is -0.512. The standard InChI is InChI=1S/C14H18BrN3O2/c1-2-5-16-7-10-3-4-11(15)6-12(10)18-8-13(19)17-14(20)9-18/h3-4,6,16H,2,5,7-9H2,1H3,(H,17,19,20). The van der Waals surface area contributed by atoms with Crippen LogP contribution in [0.3, 0.4) is 0 Å². The monoisotopic (exact) mass is 339 g/mol. The van der Waals surface area contributed by atoms with Gasteiger partial charge in [-0.3, -0.25) is 14.9 Å². The number of hydrogen-bond donors (Lipinski definition) is 2.